The second-order valence-electron chi connectivity index (χ2n) is 8.21. The van der Waals surface area contributed by atoms with E-state index in [1.54, 1.807) is 25.1 Å². The number of amides is 2. The first-order chi connectivity index (χ1) is 15.8. The van der Waals surface area contributed by atoms with Gasteiger partial charge in [0.2, 0.25) is 5.91 Å². The van der Waals surface area contributed by atoms with Crippen molar-refractivity contribution in [1.29, 1.82) is 0 Å². The van der Waals surface area contributed by atoms with Crippen LogP contribution in [0.5, 0.6) is 0 Å². The van der Waals surface area contributed by atoms with Gasteiger partial charge in [-0.15, -0.1) is 0 Å². The van der Waals surface area contributed by atoms with Crippen LogP contribution >= 0.6 is 0 Å². The van der Waals surface area contributed by atoms with Crippen LogP contribution in [0.3, 0.4) is 0 Å². The molecule has 11 heteroatoms. The van der Waals surface area contributed by atoms with Crippen LogP contribution < -0.4 is 10.6 Å². The van der Waals surface area contributed by atoms with Crippen molar-refractivity contribution < 1.29 is 18.4 Å². The molecular weight excluding hydrogens is 432 g/mol. The fraction of sp³-hybridized carbons (Fsp3) is 0.182. The maximum atomic E-state index is 14.2. The van der Waals surface area contributed by atoms with Crippen molar-refractivity contribution in [2.45, 2.75) is 18.9 Å². The summed E-state index contributed by atoms with van der Waals surface area (Å²) in [5.74, 6) is -1.51. The highest BCUT2D eigenvalue weighted by atomic mass is 19.1. The number of hydrogen-bond donors (Lipinski definition) is 2. The summed E-state index contributed by atoms with van der Waals surface area (Å²) in [6.07, 6.45) is 1.04. The van der Waals surface area contributed by atoms with Crippen LogP contribution in [0.2, 0.25) is 0 Å². The standard InChI is InChI=1S/C22H15F2N7O2/c1-22-9-26-20(32)16-14(22)17(29-21(22)33)28-18(27-16)15-12-6-11(23)7-25-19(12)31(30-15)8-10-4-2-3-5-13(10)24/h2-7H,8-9H2,1H3,(H,26,32)(H,27,28,29,33). The summed E-state index contributed by atoms with van der Waals surface area (Å²) in [7, 11) is 0. The van der Waals surface area contributed by atoms with Gasteiger partial charge in [-0.25, -0.2) is 28.4 Å². The lowest BCUT2D eigenvalue weighted by Gasteiger charge is -2.28. The van der Waals surface area contributed by atoms with Gasteiger partial charge < -0.3 is 10.6 Å². The number of nitrogens with zero attached hydrogens (tertiary/aromatic N) is 5. The van der Waals surface area contributed by atoms with Crippen molar-refractivity contribution in [3.63, 3.8) is 0 Å². The molecule has 6 rings (SSSR count). The van der Waals surface area contributed by atoms with E-state index in [1.807, 2.05) is 0 Å². The first-order valence-electron chi connectivity index (χ1n) is 10.1. The van der Waals surface area contributed by atoms with Gasteiger partial charge in [-0.2, -0.15) is 5.10 Å². The summed E-state index contributed by atoms with van der Waals surface area (Å²) < 4.78 is 29.8. The fourth-order valence-electron chi connectivity index (χ4n) is 4.31. The number of anilines is 1. The molecule has 2 aliphatic rings. The summed E-state index contributed by atoms with van der Waals surface area (Å²) in [6, 6.07) is 7.46. The van der Waals surface area contributed by atoms with Crippen LogP contribution in [0.4, 0.5) is 14.6 Å². The van der Waals surface area contributed by atoms with Crippen LogP contribution in [0, 0.1) is 11.6 Å². The number of aromatic nitrogens is 5. The van der Waals surface area contributed by atoms with Crippen molar-refractivity contribution in [1.82, 2.24) is 30.0 Å². The van der Waals surface area contributed by atoms with E-state index < -0.39 is 23.0 Å². The number of nitrogens with one attached hydrogen (secondary N) is 2. The molecule has 0 fully saturated rings. The van der Waals surface area contributed by atoms with Crippen molar-refractivity contribution in [3.05, 3.63) is 65.0 Å². The van der Waals surface area contributed by atoms with Crippen molar-refractivity contribution in [2.75, 3.05) is 11.9 Å². The average Bonchev–Trinajstić information content (AvgIpc) is 3.27. The molecule has 1 atom stereocenters. The topological polar surface area (TPSA) is 115 Å². The molecule has 164 valence electrons. The lowest BCUT2D eigenvalue weighted by atomic mass is 9.81. The van der Waals surface area contributed by atoms with E-state index in [0.29, 0.717) is 22.2 Å². The van der Waals surface area contributed by atoms with E-state index in [0.717, 1.165) is 6.20 Å². The van der Waals surface area contributed by atoms with E-state index in [2.05, 4.69) is 30.7 Å². The fourth-order valence-corrected chi connectivity index (χ4v) is 4.31. The third kappa shape index (κ3) is 2.75. The van der Waals surface area contributed by atoms with Gasteiger partial charge in [0.15, 0.2) is 11.5 Å². The predicted octanol–water partition coefficient (Wildman–Crippen LogP) is 2.17. The molecule has 3 aromatic heterocycles. The number of rotatable bonds is 3. The first kappa shape index (κ1) is 19.4. The molecule has 1 unspecified atom stereocenters. The first-order valence-corrected chi connectivity index (χ1v) is 10.1. The van der Waals surface area contributed by atoms with Gasteiger partial charge in [-0.3, -0.25) is 9.59 Å². The number of halogens is 2. The number of pyridine rings is 1. The Hall–Kier alpha value is -4.28. The van der Waals surface area contributed by atoms with Gasteiger partial charge in [0.25, 0.3) is 5.91 Å². The number of hydrogen-bond acceptors (Lipinski definition) is 6. The predicted molar refractivity (Wildman–Crippen MR) is 112 cm³/mol. The van der Waals surface area contributed by atoms with Crippen molar-refractivity contribution in [2.24, 2.45) is 0 Å². The number of fused-ring (bicyclic) bond motifs is 1. The Kier molecular flexibility index (Phi) is 3.89. The molecule has 0 saturated heterocycles. The molecule has 1 aromatic carbocycles. The van der Waals surface area contributed by atoms with Crippen LogP contribution in [0.15, 0.2) is 36.5 Å². The summed E-state index contributed by atoms with van der Waals surface area (Å²) in [6.45, 7) is 1.88. The summed E-state index contributed by atoms with van der Waals surface area (Å²) in [4.78, 5) is 38.1. The molecule has 2 N–H and O–H groups in total. The second kappa shape index (κ2) is 6.61. The van der Waals surface area contributed by atoms with E-state index in [-0.39, 0.29) is 42.0 Å². The molecule has 2 aliphatic heterocycles. The number of carbonyl (C=O) groups is 2. The molecule has 5 heterocycles. The average molecular weight is 447 g/mol. The van der Waals surface area contributed by atoms with Gasteiger partial charge >= 0.3 is 0 Å². The minimum Gasteiger partial charge on any atom is -0.349 e. The van der Waals surface area contributed by atoms with E-state index >= 15 is 0 Å². The Morgan fingerprint density at radius 2 is 1.97 bits per heavy atom. The molecule has 0 spiro atoms. The molecule has 4 aromatic rings. The Bertz CT molecular complexity index is 1520. The summed E-state index contributed by atoms with van der Waals surface area (Å²) in [5, 5.41) is 10.2. The van der Waals surface area contributed by atoms with Gasteiger partial charge in [0.1, 0.15) is 28.8 Å². The monoisotopic (exact) mass is 447 g/mol. The van der Waals surface area contributed by atoms with Crippen LogP contribution in [-0.4, -0.2) is 43.1 Å². The SMILES string of the molecule is CC12CNC(=O)c3nc(-c4nn(Cc5ccccc5F)c5ncc(F)cc45)nc(c31)NC2=O. The smallest absolute Gasteiger partial charge is 0.270 e. The molecule has 9 nitrogen and oxygen atoms in total. The zero-order valence-electron chi connectivity index (χ0n) is 17.2. The highest BCUT2D eigenvalue weighted by molar-refractivity contribution is 6.11. The van der Waals surface area contributed by atoms with Gasteiger partial charge in [-0.1, -0.05) is 18.2 Å². The van der Waals surface area contributed by atoms with Crippen molar-refractivity contribution in [3.8, 4) is 11.5 Å². The van der Waals surface area contributed by atoms with E-state index in [4.69, 9.17) is 0 Å². The third-order valence-electron chi connectivity index (χ3n) is 6.05. The van der Waals surface area contributed by atoms with Crippen LogP contribution in [0.25, 0.3) is 22.6 Å². The molecule has 2 amide bonds. The lowest BCUT2D eigenvalue weighted by molar-refractivity contribution is -0.120. The Labute approximate surface area is 184 Å². The quantitative estimate of drug-likeness (QED) is 0.498. The van der Waals surface area contributed by atoms with Crippen molar-refractivity contribution >= 4 is 28.7 Å². The maximum Gasteiger partial charge on any atom is 0.270 e. The molecule has 0 aliphatic carbocycles. The third-order valence-corrected chi connectivity index (χ3v) is 6.05. The van der Waals surface area contributed by atoms with Gasteiger partial charge in [0.05, 0.1) is 23.5 Å². The molecule has 0 saturated carbocycles. The summed E-state index contributed by atoms with van der Waals surface area (Å²) >= 11 is 0. The molecule has 0 bridgehead atoms. The van der Waals surface area contributed by atoms with Gasteiger partial charge in [0, 0.05) is 17.7 Å². The number of carbonyl (C=O) groups excluding carboxylic acids is 2. The Balaban J connectivity index is 1.56. The largest absolute Gasteiger partial charge is 0.349 e. The molecule has 33 heavy (non-hydrogen) atoms. The van der Waals surface area contributed by atoms with Crippen LogP contribution in [0.1, 0.15) is 28.5 Å². The normalized spacial score (nSPS) is 18.9. The van der Waals surface area contributed by atoms with Crippen LogP contribution in [-0.2, 0) is 16.8 Å². The van der Waals surface area contributed by atoms with E-state index in [1.165, 1.54) is 16.8 Å². The lowest BCUT2D eigenvalue weighted by Crippen LogP contribution is -2.48. The maximum absolute atomic E-state index is 14.2. The molecular formula is C22H15F2N7O2. The highest BCUT2D eigenvalue weighted by Crippen LogP contribution is 2.41. The van der Waals surface area contributed by atoms with E-state index in [9.17, 15) is 18.4 Å². The Morgan fingerprint density at radius 3 is 2.79 bits per heavy atom. The minimum absolute atomic E-state index is 0.0232. The summed E-state index contributed by atoms with van der Waals surface area (Å²) in [5.41, 5.74) is 0.339. The molecule has 0 radical (unpaired) electrons. The zero-order valence-corrected chi connectivity index (χ0v) is 17.2. The van der Waals surface area contributed by atoms with Gasteiger partial charge in [-0.05, 0) is 19.1 Å². The Morgan fingerprint density at radius 1 is 1.15 bits per heavy atom. The zero-order chi connectivity index (χ0) is 22.9. The number of benzene rings is 1. The second-order valence-corrected chi connectivity index (χ2v) is 8.21. The minimum atomic E-state index is -0.975. The highest BCUT2D eigenvalue weighted by Gasteiger charge is 2.50.